The lowest BCUT2D eigenvalue weighted by molar-refractivity contribution is -0.137. The van der Waals surface area contributed by atoms with Crippen LogP contribution >= 0.6 is 0 Å². The first-order chi connectivity index (χ1) is 16.6. The van der Waals surface area contributed by atoms with Crippen molar-refractivity contribution in [1.82, 2.24) is 15.2 Å². The molecule has 4 rings (SSSR count). The van der Waals surface area contributed by atoms with Gasteiger partial charge in [0.1, 0.15) is 16.9 Å². The third-order valence-electron chi connectivity index (χ3n) is 5.62. The van der Waals surface area contributed by atoms with E-state index in [0.29, 0.717) is 12.1 Å². The van der Waals surface area contributed by atoms with E-state index in [1.807, 2.05) is 30.3 Å². The highest BCUT2D eigenvalue weighted by atomic mass is 19.4. The molecule has 6 nitrogen and oxygen atoms in total. The number of halogens is 4. The van der Waals surface area contributed by atoms with E-state index >= 15 is 0 Å². The van der Waals surface area contributed by atoms with Crippen LogP contribution < -0.4 is 16.1 Å². The van der Waals surface area contributed by atoms with Gasteiger partial charge in [0.05, 0.1) is 5.56 Å². The van der Waals surface area contributed by atoms with Crippen LogP contribution in [0.15, 0.2) is 65.7 Å². The van der Waals surface area contributed by atoms with Crippen molar-refractivity contribution in [1.29, 1.82) is 0 Å². The van der Waals surface area contributed by atoms with E-state index in [9.17, 15) is 31.9 Å². The maximum atomic E-state index is 14.1. The number of rotatable bonds is 7. The van der Waals surface area contributed by atoms with Crippen molar-refractivity contribution in [2.45, 2.75) is 38.1 Å². The Morgan fingerprint density at radius 2 is 1.51 bits per heavy atom. The molecule has 0 spiro atoms. The molecule has 2 N–H and O–H groups in total. The molecule has 0 aliphatic heterocycles. The van der Waals surface area contributed by atoms with Crippen molar-refractivity contribution in [3.05, 3.63) is 105 Å². The summed E-state index contributed by atoms with van der Waals surface area (Å²) in [6, 6.07) is 11.1. The molecule has 1 saturated carbocycles. The van der Waals surface area contributed by atoms with Gasteiger partial charge in [0.25, 0.3) is 11.8 Å². The minimum absolute atomic E-state index is 0.0511. The van der Waals surface area contributed by atoms with E-state index in [1.165, 1.54) is 12.4 Å². The van der Waals surface area contributed by atoms with Crippen LogP contribution in [-0.2, 0) is 19.3 Å². The zero-order chi connectivity index (χ0) is 25.2. The summed E-state index contributed by atoms with van der Waals surface area (Å²) in [4.78, 5) is 38.5. The van der Waals surface area contributed by atoms with Crippen molar-refractivity contribution in [2.75, 3.05) is 0 Å². The second-order valence-corrected chi connectivity index (χ2v) is 8.25. The number of nitrogens with zero attached hydrogens (tertiary/aromatic N) is 1. The van der Waals surface area contributed by atoms with E-state index in [4.69, 9.17) is 0 Å². The fourth-order valence-electron chi connectivity index (χ4n) is 3.52. The fraction of sp³-hybridized carbons (Fsp3) is 0.240. The molecule has 1 aliphatic rings. The number of hydrogen-bond donors (Lipinski definition) is 2. The molecule has 1 aliphatic carbocycles. The second-order valence-electron chi connectivity index (χ2n) is 8.25. The van der Waals surface area contributed by atoms with Crippen molar-refractivity contribution < 1.29 is 27.2 Å². The van der Waals surface area contributed by atoms with E-state index in [0.717, 1.165) is 24.5 Å². The molecule has 35 heavy (non-hydrogen) atoms. The lowest BCUT2D eigenvalue weighted by Crippen LogP contribution is -2.35. The minimum atomic E-state index is -4.70. The van der Waals surface area contributed by atoms with Gasteiger partial charge in [-0.2, -0.15) is 13.2 Å². The van der Waals surface area contributed by atoms with Crippen LogP contribution in [0.4, 0.5) is 17.6 Å². The quantitative estimate of drug-likeness (QED) is 0.491. The smallest absolute Gasteiger partial charge is 0.349 e. The van der Waals surface area contributed by atoms with E-state index in [1.54, 1.807) is 4.57 Å². The van der Waals surface area contributed by atoms with Gasteiger partial charge in [0, 0.05) is 37.1 Å². The number of hydrogen-bond acceptors (Lipinski definition) is 3. The number of aromatic nitrogens is 1. The Bertz CT molecular complexity index is 1320. The Balaban J connectivity index is 1.53. The molecule has 2 aromatic carbocycles. The van der Waals surface area contributed by atoms with Crippen molar-refractivity contribution in [3.8, 4) is 0 Å². The zero-order valence-corrected chi connectivity index (χ0v) is 18.4. The average Bonchev–Trinajstić information content (AvgIpc) is 3.67. The van der Waals surface area contributed by atoms with Crippen LogP contribution in [0, 0.1) is 5.82 Å². The normalized spacial score (nSPS) is 13.4. The van der Waals surface area contributed by atoms with Gasteiger partial charge < -0.3 is 15.2 Å². The molecule has 0 bridgehead atoms. The maximum Gasteiger partial charge on any atom is 0.416 e. The summed E-state index contributed by atoms with van der Waals surface area (Å²) >= 11 is 0. The first-order valence-electron chi connectivity index (χ1n) is 10.8. The van der Waals surface area contributed by atoms with Crippen LogP contribution in [0.2, 0.25) is 0 Å². The van der Waals surface area contributed by atoms with E-state index in [-0.39, 0.29) is 29.3 Å². The molecule has 182 valence electrons. The first kappa shape index (κ1) is 24.2. The first-order valence-corrected chi connectivity index (χ1v) is 10.8. The summed E-state index contributed by atoms with van der Waals surface area (Å²) in [6.07, 6.45) is -0.297. The number of pyridine rings is 1. The summed E-state index contributed by atoms with van der Waals surface area (Å²) in [6.45, 7) is -0.248. The topological polar surface area (TPSA) is 80.2 Å². The Labute approximate surface area is 197 Å². The molecule has 0 atom stereocenters. The summed E-state index contributed by atoms with van der Waals surface area (Å²) in [5.74, 6) is -2.64. The number of amides is 2. The Kier molecular flexibility index (Phi) is 6.72. The number of carbonyl (C=O) groups excluding carboxylic acids is 2. The van der Waals surface area contributed by atoms with Gasteiger partial charge in [-0.1, -0.05) is 36.4 Å². The third kappa shape index (κ3) is 5.76. The summed E-state index contributed by atoms with van der Waals surface area (Å²) in [7, 11) is 0. The number of benzene rings is 2. The van der Waals surface area contributed by atoms with Gasteiger partial charge in [-0.25, -0.2) is 4.39 Å². The highest BCUT2D eigenvalue weighted by molar-refractivity contribution is 5.99. The standard InChI is InChI=1S/C25H21F4N3O3/c26-21-10-17(25(27,28)29)7-6-16(21)12-31-24(35)20-14-32(18-8-9-18)13-19(22(20)33)23(34)30-11-15-4-2-1-3-5-15/h1-7,10,13-14,18H,8-9,11-12H2,(H,30,34)(H,31,35). The summed E-state index contributed by atoms with van der Waals surface area (Å²) in [5.41, 5.74) is -1.80. The van der Waals surface area contributed by atoms with Gasteiger partial charge in [-0.3, -0.25) is 14.4 Å². The summed E-state index contributed by atoms with van der Waals surface area (Å²) < 4.78 is 54.0. The molecule has 0 unspecified atom stereocenters. The predicted molar refractivity (Wildman–Crippen MR) is 119 cm³/mol. The highest BCUT2D eigenvalue weighted by Gasteiger charge is 2.31. The lowest BCUT2D eigenvalue weighted by Gasteiger charge is -2.13. The van der Waals surface area contributed by atoms with Gasteiger partial charge in [0.2, 0.25) is 5.43 Å². The van der Waals surface area contributed by atoms with Gasteiger partial charge >= 0.3 is 6.18 Å². The van der Waals surface area contributed by atoms with Crippen LogP contribution in [0.25, 0.3) is 0 Å². The summed E-state index contributed by atoms with van der Waals surface area (Å²) in [5, 5.41) is 5.03. The fourth-order valence-corrected chi connectivity index (χ4v) is 3.52. The van der Waals surface area contributed by atoms with Gasteiger partial charge in [-0.15, -0.1) is 0 Å². The van der Waals surface area contributed by atoms with Crippen LogP contribution in [-0.4, -0.2) is 16.4 Å². The third-order valence-corrected chi connectivity index (χ3v) is 5.62. The highest BCUT2D eigenvalue weighted by Crippen LogP contribution is 2.34. The lowest BCUT2D eigenvalue weighted by atomic mass is 10.1. The molecule has 0 radical (unpaired) electrons. The molecular formula is C25H21F4N3O3. The van der Waals surface area contributed by atoms with Crippen molar-refractivity contribution in [3.63, 3.8) is 0 Å². The van der Waals surface area contributed by atoms with Gasteiger partial charge in [-0.05, 0) is 30.5 Å². The van der Waals surface area contributed by atoms with Crippen molar-refractivity contribution in [2.24, 2.45) is 0 Å². The largest absolute Gasteiger partial charge is 0.416 e. The molecule has 1 aromatic heterocycles. The molecule has 10 heteroatoms. The zero-order valence-electron chi connectivity index (χ0n) is 18.4. The second kappa shape index (κ2) is 9.73. The number of alkyl halides is 3. The Hall–Kier alpha value is -3.95. The number of carbonyl (C=O) groups is 2. The molecule has 2 amide bonds. The molecule has 1 heterocycles. The average molecular weight is 487 g/mol. The van der Waals surface area contributed by atoms with Crippen LogP contribution in [0.3, 0.4) is 0 Å². The molecule has 3 aromatic rings. The molecule has 0 saturated heterocycles. The minimum Gasteiger partial charge on any atom is -0.349 e. The Morgan fingerprint density at radius 3 is 2.06 bits per heavy atom. The van der Waals surface area contributed by atoms with Crippen LogP contribution in [0.1, 0.15) is 56.3 Å². The SMILES string of the molecule is O=C(NCc1ccccc1)c1cn(C2CC2)cc(C(=O)NCc2ccc(C(F)(F)F)cc2F)c1=O. The molecular weight excluding hydrogens is 466 g/mol. The monoisotopic (exact) mass is 487 g/mol. The van der Waals surface area contributed by atoms with Gasteiger partial charge in [0.15, 0.2) is 0 Å². The maximum absolute atomic E-state index is 14.1. The van der Waals surface area contributed by atoms with Crippen molar-refractivity contribution >= 4 is 11.8 Å². The van der Waals surface area contributed by atoms with E-state index < -0.39 is 41.3 Å². The van der Waals surface area contributed by atoms with E-state index in [2.05, 4.69) is 10.6 Å². The van der Waals surface area contributed by atoms with Crippen LogP contribution in [0.5, 0.6) is 0 Å². The number of nitrogens with one attached hydrogen (secondary N) is 2. The predicted octanol–water partition coefficient (Wildman–Crippen LogP) is 4.20. The molecule has 1 fully saturated rings. The Morgan fingerprint density at radius 1 is 0.914 bits per heavy atom.